The lowest BCUT2D eigenvalue weighted by Gasteiger charge is -2.35. The lowest BCUT2D eigenvalue weighted by molar-refractivity contribution is 0.237. The largest absolute Gasteiger partial charge is 0.492 e. The fourth-order valence-electron chi connectivity index (χ4n) is 5.52. The fourth-order valence-corrected chi connectivity index (χ4v) is 5.88. The normalized spacial score (nSPS) is 19.7. The number of hydrogen-bond donors (Lipinski definition) is 3. The van der Waals surface area contributed by atoms with E-state index in [1.165, 1.54) is 42.6 Å². The van der Waals surface area contributed by atoms with Gasteiger partial charge in [-0.25, -0.2) is 0 Å². The predicted molar refractivity (Wildman–Crippen MR) is 152 cm³/mol. The number of methoxy groups -OCH3 is 1. The molecule has 2 aliphatic rings. The summed E-state index contributed by atoms with van der Waals surface area (Å²) in [6, 6.07) is 24.5. The van der Waals surface area contributed by atoms with E-state index in [1.54, 1.807) is 20.3 Å². The number of rotatable bonds is 8. The molecule has 8 heteroatoms. The highest BCUT2D eigenvalue weighted by Gasteiger charge is 2.32. The summed E-state index contributed by atoms with van der Waals surface area (Å²) >= 11 is -4.06. The van der Waals surface area contributed by atoms with Crippen molar-refractivity contribution in [2.75, 3.05) is 40.5 Å². The number of hydrogen-bond acceptors (Lipinski definition) is 7. The Morgan fingerprint density at radius 1 is 0.842 bits per heavy atom. The summed E-state index contributed by atoms with van der Waals surface area (Å²) in [6.45, 7) is 4.02. The van der Waals surface area contributed by atoms with Gasteiger partial charge in [0.2, 0.25) is 0 Å². The minimum absolute atomic E-state index is 0.142. The van der Waals surface area contributed by atoms with Gasteiger partial charge >= 0.3 is 0 Å². The molecule has 1 fully saturated rings. The van der Waals surface area contributed by atoms with Gasteiger partial charge in [0.15, 0.2) is 0 Å². The van der Waals surface area contributed by atoms with Gasteiger partial charge in [0.1, 0.15) is 18.1 Å². The first-order valence-corrected chi connectivity index (χ1v) is 14.5. The summed E-state index contributed by atoms with van der Waals surface area (Å²) in [5.74, 6) is 1.60. The van der Waals surface area contributed by atoms with Crippen LogP contribution < -0.4 is 8.92 Å². The molecule has 3 N–H and O–H groups in total. The topological polar surface area (TPSA) is 91.6 Å². The van der Waals surface area contributed by atoms with E-state index in [4.69, 9.17) is 8.92 Å². The Morgan fingerprint density at radius 2 is 1.50 bits per heavy atom. The highest BCUT2D eigenvalue weighted by atomic mass is 32.3. The minimum Gasteiger partial charge on any atom is -0.492 e. The van der Waals surface area contributed by atoms with E-state index in [0.29, 0.717) is 12.5 Å². The van der Waals surface area contributed by atoms with Crippen molar-refractivity contribution in [2.45, 2.75) is 37.5 Å². The molecule has 0 saturated carbocycles. The third kappa shape index (κ3) is 7.72. The first-order valence-electron chi connectivity index (χ1n) is 13.1. The summed E-state index contributed by atoms with van der Waals surface area (Å²) in [5, 5.41) is 0. The monoisotopic (exact) mass is 541 g/mol. The van der Waals surface area contributed by atoms with Gasteiger partial charge in [-0.1, -0.05) is 48.5 Å². The summed E-state index contributed by atoms with van der Waals surface area (Å²) < 4.78 is 43.1. The van der Waals surface area contributed by atoms with Crippen LogP contribution in [0, 0.1) is 0 Å². The molecule has 0 radical (unpaired) electrons. The fraction of sp³-hybridized carbons (Fsp3) is 0.400. The molecule has 38 heavy (non-hydrogen) atoms. The zero-order valence-corrected chi connectivity index (χ0v) is 23.0. The van der Waals surface area contributed by atoms with Crippen molar-refractivity contribution >= 4 is 11.2 Å². The molecule has 0 unspecified atom stereocenters. The Balaban J connectivity index is 0.00000107. The molecule has 7 nitrogen and oxygen atoms in total. The molecule has 0 aromatic heterocycles. The molecular weight excluding hydrogens is 502 g/mol. The van der Waals surface area contributed by atoms with Crippen LogP contribution in [0.3, 0.4) is 0 Å². The molecule has 0 amide bonds. The highest BCUT2D eigenvalue weighted by Crippen LogP contribution is 2.48. The zero-order valence-electron chi connectivity index (χ0n) is 22.2. The van der Waals surface area contributed by atoms with Crippen molar-refractivity contribution in [3.8, 4) is 11.5 Å². The Morgan fingerprint density at radius 3 is 2.16 bits per heavy atom. The van der Waals surface area contributed by atoms with Crippen molar-refractivity contribution in [2.24, 2.45) is 0 Å². The maximum Gasteiger partial charge on any atom is 0.266 e. The molecule has 206 valence electrons. The van der Waals surface area contributed by atoms with Crippen molar-refractivity contribution < 1.29 is 27.3 Å². The molecule has 1 aliphatic carbocycles. The Kier molecular flexibility index (Phi) is 10.1. The van der Waals surface area contributed by atoms with E-state index >= 15 is 0 Å². The van der Waals surface area contributed by atoms with Crippen LogP contribution in [0.1, 0.15) is 53.4 Å². The van der Waals surface area contributed by atoms with E-state index in [2.05, 4.69) is 58.2 Å². The van der Waals surface area contributed by atoms with E-state index in [9.17, 15) is 13.7 Å². The van der Waals surface area contributed by atoms with Gasteiger partial charge in [0.25, 0.3) is 11.2 Å². The van der Waals surface area contributed by atoms with Gasteiger partial charge in [-0.05, 0) is 91.2 Å². The van der Waals surface area contributed by atoms with Gasteiger partial charge in [-0.3, -0.25) is 18.6 Å². The Hall–Kier alpha value is -2.59. The van der Waals surface area contributed by atoms with Crippen LogP contribution >= 0.6 is 11.2 Å². The van der Waals surface area contributed by atoms with Crippen molar-refractivity contribution in [3.63, 3.8) is 0 Å². The molecule has 0 bridgehead atoms. The number of ether oxygens (including phenoxy) is 2. The van der Waals surface area contributed by atoms with Crippen LogP contribution in [-0.4, -0.2) is 59.0 Å². The van der Waals surface area contributed by atoms with Crippen molar-refractivity contribution in [1.82, 2.24) is 4.90 Å². The van der Waals surface area contributed by atoms with Crippen molar-refractivity contribution in [3.05, 3.63) is 95.1 Å². The number of fused-ring (bicyclic) bond motifs is 1. The average molecular weight is 542 g/mol. The van der Waals surface area contributed by atoms with E-state index < -0.39 is 11.2 Å². The molecule has 2 atom stereocenters. The van der Waals surface area contributed by atoms with Crippen LogP contribution in [0.15, 0.2) is 72.8 Å². The summed E-state index contributed by atoms with van der Waals surface area (Å²) in [4.78, 5) is 2.45. The van der Waals surface area contributed by atoms with Gasteiger partial charge in [0, 0.05) is 26.7 Å². The molecule has 1 heterocycles. The summed E-state index contributed by atoms with van der Waals surface area (Å²) in [5.41, 5.74) is 4.80. The van der Waals surface area contributed by atoms with Crippen LogP contribution in [-0.2, 0) is 11.2 Å². The molecule has 0 spiro atoms. The molecule has 3 aromatic carbocycles. The summed E-state index contributed by atoms with van der Waals surface area (Å²) in [6.07, 6.45) is 4.37. The standard InChI is InChI=1S/C28H33NO5S.C2H6O/c30-35(31,32)34-25-13-15-27-23(20-25)10-14-26(21-6-2-1-3-7-21)28(27)22-8-11-24(12-9-22)33-19-18-29-16-4-5-17-29;1-3-2/h1-3,6-9,11-13,15,20,26,28,30-32H,4-5,10,14,16-19H2;1-2H3/t26-,28+;/m1./s1. The maximum atomic E-state index is 9.30. The number of nitrogens with zero attached hydrogens (tertiary/aromatic N) is 1. The second-order valence-electron chi connectivity index (χ2n) is 9.82. The van der Waals surface area contributed by atoms with Gasteiger partial charge < -0.3 is 13.7 Å². The van der Waals surface area contributed by atoms with Gasteiger partial charge in [0.05, 0.1) is 0 Å². The lowest BCUT2D eigenvalue weighted by atomic mass is 9.69. The number of likely N-dealkylation sites (tertiary alicyclic amines) is 1. The second-order valence-corrected chi connectivity index (χ2v) is 10.9. The zero-order chi connectivity index (χ0) is 27.0. The molecule has 1 aliphatic heterocycles. The molecular formula is C30H39NO6S. The predicted octanol–water partition coefficient (Wildman–Crippen LogP) is 6.80. The van der Waals surface area contributed by atoms with E-state index in [-0.39, 0.29) is 11.7 Å². The van der Waals surface area contributed by atoms with E-state index in [0.717, 1.165) is 30.7 Å². The quantitative estimate of drug-likeness (QED) is 0.289. The maximum absolute atomic E-state index is 9.30. The number of aryl methyl sites for hydroxylation is 1. The van der Waals surface area contributed by atoms with Crippen LogP contribution in [0.25, 0.3) is 0 Å². The molecule has 3 aromatic rings. The van der Waals surface area contributed by atoms with Crippen LogP contribution in [0.2, 0.25) is 0 Å². The number of benzene rings is 3. The molecule has 5 rings (SSSR count). The SMILES string of the molecule is COC.OS(O)(O)Oc1ccc2c(c1)CC[C@H](c1ccccc1)[C@@H]2c1ccc(OCCN2CCCC2)cc1. The smallest absolute Gasteiger partial charge is 0.266 e. The van der Waals surface area contributed by atoms with Gasteiger partial charge in [-0.2, -0.15) is 0 Å². The minimum atomic E-state index is -4.06. The lowest BCUT2D eigenvalue weighted by Crippen LogP contribution is -2.25. The second kappa shape index (κ2) is 13.5. The Bertz CT molecular complexity index is 1130. The van der Waals surface area contributed by atoms with Crippen LogP contribution in [0.5, 0.6) is 11.5 Å². The first kappa shape index (κ1) is 28.4. The summed E-state index contributed by atoms with van der Waals surface area (Å²) in [7, 11) is 3.25. The Labute approximate surface area is 227 Å². The van der Waals surface area contributed by atoms with E-state index in [1.807, 2.05) is 18.2 Å². The molecule has 1 saturated heterocycles. The van der Waals surface area contributed by atoms with Gasteiger partial charge in [-0.15, -0.1) is 0 Å². The van der Waals surface area contributed by atoms with Crippen molar-refractivity contribution in [1.29, 1.82) is 0 Å². The third-order valence-electron chi connectivity index (χ3n) is 7.13. The average Bonchev–Trinajstić information content (AvgIpc) is 3.42. The first-order chi connectivity index (χ1) is 18.4. The third-order valence-corrected chi connectivity index (χ3v) is 7.54. The highest BCUT2D eigenvalue weighted by molar-refractivity contribution is 8.15. The van der Waals surface area contributed by atoms with Crippen LogP contribution in [0.4, 0.5) is 0 Å².